The third-order valence-corrected chi connectivity index (χ3v) is 3.83. The Kier molecular flexibility index (Phi) is 7.06. The topological polar surface area (TPSA) is 29.3 Å². The summed E-state index contributed by atoms with van der Waals surface area (Å²) in [7, 11) is 0. The first kappa shape index (κ1) is 14.0. The van der Waals surface area contributed by atoms with Gasteiger partial charge in [0.2, 0.25) is 0 Å². The lowest BCUT2D eigenvalue weighted by Crippen LogP contribution is -2.41. The molecule has 1 aliphatic heterocycles. The minimum atomic E-state index is 0.405. The number of likely N-dealkylation sites (tertiary alicyclic amines) is 1. The molecule has 0 bridgehead atoms. The van der Waals surface area contributed by atoms with E-state index < -0.39 is 0 Å². The molecule has 2 heteroatoms. The number of nitrogens with zero attached hydrogens (tertiary/aromatic N) is 1. The zero-order chi connectivity index (χ0) is 11.8. The van der Waals surface area contributed by atoms with Gasteiger partial charge in [-0.2, -0.15) is 0 Å². The number of unbranched alkanes of at least 4 members (excludes halogenated alkanes) is 1. The quantitative estimate of drug-likeness (QED) is 0.723. The Morgan fingerprint density at radius 3 is 2.44 bits per heavy atom. The Bertz CT molecular complexity index is 162. The van der Waals surface area contributed by atoms with Crippen LogP contribution in [0.5, 0.6) is 0 Å². The molecule has 0 spiro atoms. The summed E-state index contributed by atoms with van der Waals surface area (Å²) >= 11 is 0. The summed E-state index contributed by atoms with van der Waals surface area (Å²) in [5.41, 5.74) is 6.14. The second-order valence-electron chi connectivity index (χ2n) is 5.43. The highest BCUT2D eigenvalue weighted by atomic mass is 15.1. The van der Waals surface area contributed by atoms with Crippen molar-refractivity contribution in [3.63, 3.8) is 0 Å². The van der Waals surface area contributed by atoms with Crippen LogP contribution in [0.25, 0.3) is 0 Å². The number of hydrogen-bond acceptors (Lipinski definition) is 2. The van der Waals surface area contributed by atoms with Gasteiger partial charge in [-0.3, -0.25) is 0 Å². The molecule has 1 atom stereocenters. The molecule has 0 aromatic rings. The first-order chi connectivity index (χ1) is 7.76. The molecule has 16 heavy (non-hydrogen) atoms. The first-order valence-electron chi connectivity index (χ1n) is 7.24. The lowest BCUT2D eigenvalue weighted by molar-refractivity contribution is 0.168. The molecule has 1 rings (SSSR count). The van der Waals surface area contributed by atoms with Crippen LogP contribution in [0.15, 0.2) is 0 Å². The Morgan fingerprint density at radius 2 is 1.88 bits per heavy atom. The summed E-state index contributed by atoms with van der Waals surface area (Å²) in [4.78, 5) is 2.58. The third-order valence-electron chi connectivity index (χ3n) is 3.83. The summed E-state index contributed by atoms with van der Waals surface area (Å²) in [6, 6.07) is 0.405. The molecule has 0 amide bonds. The number of rotatable bonds is 7. The van der Waals surface area contributed by atoms with Crippen molar-refractivity contribution in [1.29, 1.82) is 0 Å². The van der Waals surface area contributed by atoms with E-state index in [1.54, 1.807) is 0 Å². The van der Waals surface area contributed by atoms with Crippen LogP contribution in [0.3, 0.4) is 0 Å². The zero-order valence-corrected chi connectivity index (χ0v) is 11.3. The fraction of sp³-hybridized carbons (Fsp3) is 1.00. The summed E-state index contributed by atoms with van der Waals surface area (Å²) in [5.74, 6) is 0.994. The SMILES string of the molecule is CCCCC(N)CN1CCC(CCC)CC1. The molecular formula is C14H30N2. The molecule has 1 fully saturated rings. The second-order valence-corrected chi connectivity index (χ2v) is 5.43. The third kappa shape index (κ3) is 5.31. The Balaban J connectivity index is 2.11. The molecule has 1 heterocycles. The largest absolute Gasteiger partial charge is 0.327 e. The van der Waals surface area contributed by atoms with Gasteiger partial charge in [-0.05, 0) is 38.3 Å². The van der Waals surface area contributed by atoms with Gasteiger partial charge in [0.1, 0.15) is 0 Å². The van der Waals surface area contributed by atoms with Crippen LogP contribution in [0.4, 0.5) is 0 Å². The minimum Gasteiger partial charge on any atom is -0.327 e. The Labute approximate surface area is 102 Å². The van der Waals surface area contributed by atoms with Crippen molar-refractivity contribution in [3.05, 3.63) is 0 Å². The van der Waals surface area contributed by atoms with Gasteiger partial charge >= 0.3 is 0 Å². The maximum absolute atomic E-state index is 6.14. The molecule has 2 nitrogen and oxygen atoms in total. The maximum atomic E-state index is 6.14. The van der Waals surface area contributed by atoms with Gasteiger partial charge in [0, 0.05) is 12.6 Å². The van der Waals surface area contributed by atoms with E-state index in [1.165, 1.54) is 58.0 Å². The number of hydrogen-bond donors (Lipinski definition) is 1. The maximum Gasteiger partial charge on any atom is 0.0167 e. The lowest BCUT2D eigenvalue weighted by atomic mass is 9.92. The molecule has 2 N–H and O–H groups in total. The predicted molar refractivity (Wildman–Crippen MR) is 71.6 cm³/mol. The van der Waals surface area contributed by atoms with Gasteiger partial charge in [0.15, 0.2) is 0 Å². The van der Waals surface area contributed by atoms with Crippen LogP contribution in [0.1, 0.15) is 58.8 Å². The van der Waals surface area contributed by atoms with Gasteiger partial charge < -0.3 is 10.6 Å². The van der Waals surface area contributed by atoms with Crippen molar-refractivity contribution in [2.24, 2.45) is 11.7 Å². The second kappa shape index (κ2) is 8.08. The smallest absolute Gasteiger partial charge is 0.0167 e. The average Bonchev–Trinajstić information content (AvgIpc) is 2.29. The predicted octanol–water partition coefficient (Wildman–Crippen LogP) is 3.02. The fourth-order valence-corrected chi connectivity index (χ4v) is 2.76. The number of nitrogens with two attached hydrogens (primary N) is 1. The Morgan fingerprint density at radius 1 is 1.19 bits per heavy atom. The summed E-state index contributed by atoms with van der Waals surface area (Å²) in [6.07, 6.45) is 9.32. The molecule has 96 valence electrons. The molecule has 0 radical (unpaired) electrons. The van der Waals surface area contributed by atoms with E-state index in [0.717, 1.165) is 12.5 Å². The molecule has 0 aliphatic carbocycles. The summed E-state index contributed by atoms with van der Waals surface area (Å²) < 4.78 is 0. The highest BCUT2D eigenvalue weighted by Gasteiger charge is 2.19. The summed E-state index contributed by atoms with van der Waals surface area (Å²) in [5, 5.41) is 0. The van der Waals surface area contributed by atoms with Gasteiger partial charge in [0.05, 0.1) is 0 Å². The van der Waals surface area contributed by atoms with Crippen LogP contribution in [-0.2, 0) is 0 Å². The molecule has 1 unspecified atom stereocenters. The van der Waals surface area contributed by atoms with Crippen LogP contribution in [0.2, 0.25) is 0 Å². The van der Waals surface area contributed by atoms with Crippen molar-refractivity contribution in [1.82, 2.24) is 4.90 Å². The van der Waals surface area contributed by atoms with Crippen molar-refractivity contribution in [2.45, 2.75) is 64.8 Å². The monoisotopic (exact) mass is 226 g/mol. The molecule has 1 saturated heterocycles. The van der Waals surface area contributed by atoms with E-state index >= 15 is 0 Å². The van der Waals surface area contributed by atoms with Crippen molar-refractivity contribution in [3.8, 4) is 0 Å². The first-order valence-corrected chi connectivity index (χ1v) is 7.24. The van der Waals surface area contributed by atoms with E-state index in [-0.39, 0.29) is 0 Å². The van der Waals surface area contributed by atoms with E-state index in [9.17, 15) is 0 Å². The standard InChI is InChI=1S/C14H30N2/c1-3-5-7-14(15)12-16-10-8-13(6-4-2)9-11-16/h13-14H,3-12,15H2,1-2H3. The molecule has 0 aromatic heterocycles. The van der Waals surface area contributed by atoms with Gasteiger partial charge in [-0.15, -0.1) is 0 Å². The zero-order valence-electron chi connectivity index (χ0n) is 11.3. The fourth-order valence-electron chi connectivity index (χ4n) is 2.76. The normalized spacial score (nSPS) is 21.2. The highest BCUT2D eigenvalue weighted by Crippen LogP contribution is 2.21. The van der Waals surface area contributed by atoms with E-state index in [4.69, 9.17) is 5.73 Å². The van der Waals surface area contributed by atoms with Crippen molar-refractivity contribution >= 4 is 0 Å². The van der Waals surface area contributed by atoms with E-state index in [1.807, 2.05) is 0 Å². The van der Waals surface area contributed by atoms with Crippen LogP contribution >= 0.6 is 0 Å². The molecule has 0 aromatic carbocycles. The molecule has 1 aliphatic rings. The summed E-state index contributed by atoms with van der Waals surface area (Å²) in [6.45, 7) is 8.23. The average molecular weight is 226 g/mol. The molecular weight excluding hydrogens is 196 g/mol. The van der Waals surface area contributed by atoms with Crippen LogP contribution < -0.4 is 5.73 Å². The minimum absolute atomic E-state index is 0.405. The highest BCUT2D eigenvalue weighted by molar-refractivity contribution is 4.75. The van der Waals surface area contributed by atoms with E-state index in [2.05, 4.69) is 18.7 Å². The van der Waals surface area contributed by atoms with Gasteiger partial charge in [-0.25, -0.2) is 0 Å². The molecule has 0 saturated carbocycles. The van der Waals surface area contributed by atoms with Gasteiger partial charge in [0.25, 0.3) is 0 Å². The Hall–Kier alpha value is -0.0800. The van der Waals surface area contributed by atoms with Crippen molar-refractivity contribution < 1.29 is 0 Å². The van der Waals surface area contributed by atoms with Crippen LogP contribution in [-0.4, -0.2) is 30.6 Å². The lowest BCUT2D eigenvalue weighted by Gasteiger charge is -2.33. The number of piperidine rings is 1. The van der Waals surface area contributed by atoms with Crippen molar-refractivity contribution in [2.75, 3.05) is 19.6 Å². The van der Waals surface area contributed by atoms with E-state index in [0.29, 0.717) is 6.04 Å². The van der Waals surface area contributed by atoms with Gasteiger partial charge in [-0.1, -0.05) is 39.5 Å². The van der Waals surface area contributed by atoms with Crippen LogP contribution in [0, 0.1) is 5.92 Å².